The summed E-state index contributed by atoms with van der Waals surface area (Å²) in [5, 5.41) is 12.5. The number of piperidine rings is 1. The van der Waals surface area contributed by atoms with Crippen LogP contribution in [0.15, 0.2) is 24.3 Å². The van der Waals surface area contributed by atoms with Crippen molar-refractivity contribution >= 4 is 17.6 Å². The van der Waals surface area contributed by atoms with Gasteiger partial charge in [-0.2, -0.15) is 0 Å². The predicted molar refractivity (Wildman–Crippen MR) is 93.2 cm³/mol. The molecule has 0 unspecified atom stereocenters. The summed E-state index contributed by atoms with van der Waals surface area (Å²) in [6.45, 7) is 1.71. The van der Waals surface area contributed by atoms with Crippen LogP contribution < -0.4 is 5.32 Å². The van der Waals surface area contributed by atoms with Crippen LogP contribution in [0.4, 0.5) is 5.69 Å². The van der Waals surface area contributed by atoms with E-state index < -0.39 is 5.97 Å². The van der Waals surface area contributed by atoms with Crippen LogP contribution in [0, 0.1) is 5.92 Å². The van der Waals surface area contributed by atoms with Gasteiger partial charge in [-0.05, 0) is 63.1 Å². The molecule has 24 heavy (non-hydrogen) atoms. The number of carbonyl (C=O) groups is 2. The second-order valence-corrected chi connectivity index (χ2v) is 6.96. The van der Waals surface area contributed by atoms with E-state index in [-0.39, 0.29) is 11.8 Å². The van der Waals surface area contributed by atoms with Gasteiger partial charge in [0.2, 0.25) is 0 Å². The van der Waals surface area contributed by atoms with Crippen molar-refractivity contribution < 1.29 is 14.7 Å². The lowest BCUT2D eigenvalue weighted by molar-refractivity contribution is -0.142. The fourth-order valence-electron chi connectivity index (χ4n) is 3.74. The number of anilines is 1. The number of rotatable bonds is 4. The van der Waals surface area contributed by atoms with Gasteiger partial charge in [0.15, 0.2) is 0 Å². The van der Waals surface area contributed by atoms with Crippen molar-refractivity contribution in [3.8, 4) is 0 Å². The molecule has 2 aliphatic rings. The predicted octanol–water partition coefficient (Wildman–Crippen LogP) is 3.37. The fourth-order valence-corrected chi connectivity index (χ4v) is 3.74. The molecule has 0 bridgehead atoms. The number of carboxylic acid groups (broad SMARTS) is 1. The highest BCUT2D eigenvalue weighted by molar-refractivity contribution is 5.95. The van der Waals surface area contributed by atoms with Gasteiger partial charge in [-0.25, -0.2) is 0 Å². The van der Waals surface area contributed by atoms with E-state index in [1.165, 1.54) is 6.42 Å². The van der Waals surface area contributed by atoms with E-state index in [1.54, 1.807) is 0 Å². The lowest BCUT2D eigenvalue weighted by atomic mass is 9.86. The van der Waals surface area contributed by atoms with Crippen LogP contribution >= 0.6 is 0 Å². The number of nitrogens with one attached hydrogen (secondary N) is 1. The SMILES string of the molecule is O=C(O)C1CCC(Nc2cccc(C(=O)N3CCCCC3)c2)CC1. The molecule has 0 atom stereocenters. The summed E-state index contributed by atoms with van der Waals surface area (Å²) in [4.78, 5) is 25.6. The number of hydrogen-bond donors (Lipinski definition) is 2. The highest BCUT2D eigenvalue weighted by atomic mass is 16.4. The molecule has 1 amide bonds. The second-order valence-electron chi connectivity index (χ2n) is 6.96. The van der Waals surface area contributed by atoms with E-state index in [9.17, 15) is 9.59 Å². The van der Waals surface area contributed by atoms with E-state index in [1.807, 2.05) is 29.2 Å². The molecule has 5 heteroatoms. The Kier molecular flexibility index (Phi) is 5.38. The van der Waals surface area contributed by atoms with Gasteiger partial charge in [0, 0.05) is 30.4 Å². The van der Waals surface area contributed by atoms with Gasteiger partial charge in [0.25, 0.3) is 5.91 Å². The van der Waals surface area contributed by atoms with Gasteiger partial charge < -0.3 is 15.3 Å². The maximum Gasteiger partial charge on any atom is 0.306 e. The van der Waals surface area contributed by atoms with E-state index >= 15 is 0 Å². The molecule has 1 aromatic rings. The van der Waals surface area contributed by atoms with Crippen LogP contribution in [-0.4, -0.2) is 41.0 Å². The number of likely N-dealkylation sites (tertiary alicyclic amines) is 1. The maximum absolute atomic E-state index is 12.6. The molecule has 0 spiro atoms. The summed E-state index contributed by atoms with van der Waals surface area (Å²) in [5.74, 6) is -0.759. The molecule has 1 aromatic carbocycles. The van der Waals surface area contributed by atoms with Crippen LogP contribution in [-0.2, 0) is 4.79 Å². The number of carbonyl (C=O) groups excluding carboxylic acids is 1. The second kappa shape index (κ2) is 7.69. The minimum atomic E-state index is -0.678. The van der Waals surface area contributed by atoms with Crippen LogP contribution in [0.3, 0.4) is 0 Å². The molecule has 1 heterocycles. The van der Waals surface area contributed by atoms with Gasteiger partial charge in [-0.1, -0.05) is 6.07 Å². The van der Waals surface area contributed by atoms with Gasteiger partial charge in [-0.15, -0.1) is 0 Å². The van der Waals surface area contributed by atoms with Crippen molar-refractivity contribution in [2.45, 2.75) is 51.0 Å². The molecule has 1 aliphatic heterocycles. The van der Waals surface area contributed by atoms with Crippen molar-refractivity contribution in [2.24, 2.45) is 5.92 Å². The minimum absolute atomic E-state index is 0.118. The third-order valence-electron chi connectivity index (χ3n) is 5.20. The Balaban J connectivity index is 1.59. The van der Waals surface area contributed by atoms with Crippen LogP contribution in [0.25, 0.3) is 0 Å². The quantitative estimate of drug-likeness (QED) is 0.888. The number of aliphatic carboxylic acids is 1. The first kappa shape index (κ1) is 16.8. The number of benzene rings is 1. The Labute approximate surface area is 143 Å². The molecule has 5 nitrogen and oxygen atoms in total. The number of hydrogen-bond acceptors (Lipinski definition) is 3. The summed E-state index contributed by atoms with van der Waals surface area (Å²) in [5.41, 5.74) is 1.69. The van der Waals surface area contributed by atoms with Crippen LogP contribution in [0.2, 0.25) is 0 Å². The van der Waals surface area contributed by atoms with E-state index in [0.717, 1.165) is 62.9 Å². The zero-order valence-electron chi connectivity index (χ0n) is 14.0. The average molecular weight is 330 g/mol. The monoisotopic (exact) mass is 330 g/mol. The van der Waals surface area contributed by atoms with Crippen molar-refractivity contribution in [2.75, 3.05) is 18.4 Å². The first-order valence-electron chi connectivity index (χ1n) is 9.02. The Morgan fingerprint density at radius 1 is 1.04 bits per heavy atom. The van der Waals surface area contributed by atoms with Gasteiger partial charge in [0.1, 0.15) is 0 Å². The summed E-state index contributed by atoms with van der Waals surface area (Å²) in [6.07, 6.45) is 6.57. The summed E-state index contributed by atoms with van der Waals surface area (Å²) < 4.78 is 0. The highest BCUT2D eigenvalue weighted by Gasteiger charge is 2.26. The normalized spacial score (nSPS) is 24.4. The summed E-state index contributed by atoms with van der Waals surface area (Å²) in [7, 11) is 0. The Morgan fingerprint density at radius 2 is 1.75 bits per heavy atom. The number of nitrogens with zero attached hydrogens (tertiary/aromatic N) is 1. The third kappa shape index (κ3) is 4.08. The Morgan fingerprint density at radius 3 is 2.42 bits per heavy atom. The summed E-state index contributed by atoms with van der Waals surface area (Å²) >= 11 is 0. The van der Waals surface area contributed by atoms with Crippen molar-refractivity contribution in [3.63, 3.8) is 0 Å². The molecule has 1 saturated heterocycles. The molecule has 3 rings (SSSR count). The first-order valence-corrected chi connectivity index (χ1v) is 9.02. The van der Waals surface area contributed by atoms with E-state index in [4.69, 9.17) is 5.11 Å². The molecule has 2 fully saturated rings. The minimum Gasteiger partial charge on any atom is -0.481 e. The lowest BCUT2D eigenvalue weighted by Gasteiger charge is -2.28. The third-order valence-corrected chi connectivity index (χ3v) is 5.20. The topological polar surface area (TPSA) is 69.6 Å². The molecule has 2 N–H and O–H groups in total. The van der Waals surface area contributed by atoms with Crippen LogP contribution in [0.1, 0.15) is 55.3 Å². The summed E-state index contributed by atoms with van der Waals surface area (Å²) in [6, 6.07) is 8.00. The number of carboxylic acids is 1. The molecular weight excluding hydrogens is 304 g/mol. The zero-order chi connectivity index (χ0) is 16.9. The van der Waals surface area contributed by atoms with Gasteiger partial charge in [-0.3, -0.25) is 9.59 Å². The first-order chi connectivity index (χ1) is 11.6. The average Bonchev–Trinajstić information content (AvgIpc) is 2.62. The Hall–Kier alpha value is -2.04. The van der Waals surface area contributed by atoms with Crippen molar-refractivity contribution in [3.05, 3.63) is 29.8 Å². The molecule has 0 radical (unpaired) electrons. The van der Waals surface area contributed by atoms with Crippen LogP contribution in [0.5, 0.6) is 0 Å². The number of amides is 1. The fraction of sp³-hybridized carbons (Fsp3) is 0.579. The van der Waals surface area contributed by atoms with Gasteiger partial charge in [0.05, 0.1) is 5.92 Å². The van der Waals surface area contributed by atoms with Crippen molar-refractivity contribution in [1.82, 2.24) is 4.90 Å². The standard InChI is InChI=1S/C19H26N2O3/c22-18(21-11-2-1-3-12-21)15-5-4-6-17(13-15)20-16-9-7-14(8-10-16)19(23)24/h4-6,13-14,16,20H,1-3,7-12H2,(H,23,24). The van der Waals surface area contributed by atoms with Crippen molar-refractivity contribution in [1.29, 1.82) is 0 Å². The molecule has 130 valence electrons. The van der Waals surface area contributed by atoms with E-state index in [0.29, 0.717) is 6.04 Å². The molecule has 1 saturated carbocycles. The highest BCUT2D eigenvalue weighted by Crippen LogP contribution is 2.27. The lowest BCUT2D eigenvalue weighted by Crippen LogP contribution is -2.35. The zero-order valence-corrected chi connectivity index (χ0v) is 14.0. The molecule has 1 aliphatic carbocycles. The maximum atomic E-state index is 12.6. The largest absolute Gasteiger partial charge is 0.481 e. The van der Waals surface area contributed by atoms with E-state index in [2.05, 4.69) is 5.32 Å². The smallest absolute Gasteiger partial charge is 0.306 e. The van der Waals surface area contributed by atoms with Gasteiger partial charge >= 0.3 is 5.97 Å². The molecular formula is C19H26N2O3. The molecule has 0 aromatic heterocycles. The Bertz CT molecular complexity index is 588.